The Morgan fingerprint density at radius 3 is 2.50 bits per heavy atom. The first-order chi connectivity index (χ1) is 11.5. The number of aromatic nitrogens is 2. The first-order valence-electron chi connectivity index (χ1n) is 6.84. The molecule has 0 aliphatic carbocycles. The van der Waals surface area contributed by atoms with Gasteiger partial charge in [0.25, 0.3) is 5.91 Å². The number of carbonyl (C=O) groups excluding carboxylic acids is 2. The fourth-order valence-corrected chi connectivity index (χ4v) is 2.21. The maximum atomic E-state index is 12.1. The molecule has 3 N–H and O–H groups in total. The monoisotopic (exact) mass is 342 g/mol. The summed E-state index contributed by atoms with van der Waals surface area (Å²) in [6, 6.07) is 8.18. The van der Waals surface area contributed by atoms with Crippen molar-refractivity contribution in [3.05, 3.63) is 59.4 Å². The number of anilines is 1. The van der Waals surface area contributed by atoms with Crippen LogP contribution in [0.5, 0.6) is 5.75 Å². The van der Waals surface area contributed by atoms with Gasteiger partial charge >= 0.3 is 6.03 Å². The minimum absolute atomic E-state index is 0.0900. The van der Waals surface area contributed by atoms with Crippen molar-refractivity contribution in [1.82, 2.24) is 15.3 Å². The van der Waals surface area contributed by atoms with Crippen LogP contribution in [0, 0.1) is 0 Å². The molecular formula is C16H11ClN4O3. The first-order valence-corrected chi connectivity index (χ1v) is 7.22. The van der Waals surface area contributed by atoms with Crippen LogP contribution in [0.3, 0.4) is 0 Å². The third-order valence-electron chi connectivity index (χ3n) is 3.16. The molecule has 0 unspecified atom stereocenters. The van der Waals surface area contributed by atoms with Crippen molar-refractivity contribution >= 4 is 40.3 Å². The molecule has 0 aliphatic heterocycles. The van der Waals surface area contributed by atoms with Crippen LogP contribution in [0.25, 0.3) is 11.0 Å². The Bertz CT molecular complexity index is 946. The summed E-state index contributed by atoms with van der Waals surface area (Å²) in [6.45, 7) is 0. The lowest BCUT2D eigenvalue weighted by Crippen LogP contribution is -2.34. The van der Waals surface area contributed by atoms with Crippen LogP contribution in [0.15, 0.2) is 48.8 Å². The van der Waals surface area contributed by atoms with Gasteiger partial charge < -0.3 is 10.4 Å². The number of hydrogen-bond donors (Lipinski definition) is 3. The molecule has 0 radical (unpaired) electrons. The number of nitrogens with zero attached hydrogens (tertiary/aromatic N) is 2. The predicted octanol–water partition coefficient (Wildman–Crippen LogP) is 2.95. The summed E-state index contributed by atoms with van der Waals surface area (Å²) >= 11 is 5.75. The van der Waals surface area contributed by atoms with Gasteiger partial charge in [-0.15, -0.1) is 0 Å². The van der Waals surface area contributed by atoms with Crippen LogP contribution in [0.1, 0.15) is 10.4 Å². The van der Waals surface area contributed by atoms with Crippen molar-refractivity contribution in [2.75, 3.05) is 5.32 Å². The third kappa shape index (κ3) is 3.41. The van der Waals surface area contributed by atoms with Crippen molar-refractivity contribution in [3.63, 3.8) is 0 Å². The summed E-state index contributed by atoms with van der Waals surface area (Å²) in [6.07, 6.45) is 3.07. The Morgan fingerprint density at radius 2 is 1.75 bits per heavy atom. The Kier molecular flexibility index (Phi) is 4.26. The van der Waals surface area contributed by atoms with E-state index in [1.54, 1.807) is 24.4 Å². The van der Waals surface area contributed by atoms with E-state index in [-0.39, 0.29) is 16.3 Å². The molecule has 0 aliphatic rings. The highest BCUT2D eigenvalue weighted by Crippen LogP contribution is 2.25. The van der Waals surface area contributed by atoms with Crippen molar-refractivity contribution in [1.29, 1.82) is 0 Å². The number of phenolic OH excluding ortho intramolecular Hbond substituents is 1. The summed E-state index contributed by atoms with van der Waals surface area (Å²) in [7, 11) is 0. The zero-order valence-corrected chi connectivity index (χ0v) is 12.9. The molecule has 1 heterocycles. The SMILES string of the molecule is O=C(NC(=O)c1ccc2nccnc2c1)Nc1ccc(O)c(Cl)c1. The second kappa shape index (κ2) is 6.51. The van der Waals surface area contributed by atoms with Gasteiger partial charge in [-0.1, -0.05) is 11.6 Å². The first kappa shape index (κ1) is 15.7. The summed E-state index contributed by atoms with van der Waals surface area (Å²) in [5, 5.41) is 14.1. The molecule has 8 heteroatoms. The van der Waals surface area contributed by atoms with E-state index in [9.17, 15) is 14.7 Å². The average molecular weight is 343 g/mol. The lowest BCUT2D eigenvalue weighted by atomic mass is 10.2. The topological polar surface area (TPSA) is 104 Å². The number of rotatable bonds is 2. The zero-order valence-electron chi connectivity index (χ0n) is 12.2. The van der Waals surface area contributed by atoms with E-state index in [1.165, 1.54) is 24.4 Å². The quantitative estimate of drug-likeness (QED) is 0.621. The molecule has 120 valence electrons. The molecule has 0 saturated carbocycles. The van der Waals surface area contributed by atoms with Gasteiger partial charge in [-0.3, -0.25) is 20.1 Å². The van der Waals surface area contributed by atoms with Crippen molar-refractivity contribution in [2.45, 2.75) is 0 Å². The molecule has 7 nitrogen and oxygen atoms in total. The molecule has 24 heavy (non-hydrogen) atoms. The molecule has 3 amide bonds. The number of halogens is 1. The van der Waals surface area contributed by atoms with Crippen molar-refractivity contribution in [3.8, 4) is 5.75 Å². The Labute approximate surface area is 141 Å². The Balaban J connectivity index is 1.70. The summed E-state index contributed by atoms with van der Waals surface area (Å²) < 4.78 is 0. The summed E-state index contributed by atoms with van der Waals surface area (Å²) in [4.78, 5) is 32.2. The Hall–Kier alpha value is -3.19. The van der Waals surface area contributed by atoms with Gasteiger partial charge in [-0.25, -0.2) is 4.79 Å². The lowest BCUT2D eigenvalue weighted by Gasteiger charge is -2.08. The zero-order chi connectivity index (χ0) is 17.1. The van der Waals surface area contributed by atoms with E-state index >= 15 is 0 Å². The second-order valence-corrected chi connectivity index (χ2v) is 5.24. The molecule has 0 atom stereocenters. The van der Waals surface area contributed by atoms with E-state index < -0.39 is 11.9 Å². The fourth-order valence-electron chi connectivity index (χ4n) is 2.03. The van der Waals surface area contributed by atoms with E-state index in [0.29, 0.717) is 16.7 Å². The lowest BCUT2D eigenvalue weighted by molar-refractivity contribution is 0.0967. The number of fused-ring (bicyclic) bond motifs is 1. The van der Waals surface area contributed by atoms with Gasteiger partial charge in [0.15, 0.2) is 0 Å². The number of aromatic hydroxyl groups is 1. The number of benzene rings is 2. The van der Waals surface area contributed by atoms with Crippen LogP contribution >= 0.6 is 11.6 Å². The highest BCUT2D eigenvalue weighted by Gasteiger charge is 2.12. The molecule has 0 spiro atoms. The third-order valence-corrected chi connectivity index (χ3v) is 3.47. The molecule has 3 rings (SSSR count). The largest absolute Gasteiger partial charge is 0.506 e. The predicted molar refractivity (Wildman–Crippen MR) is 89.1 cm³/mol. The summed E-state index contributed by atoms with van der Waals surface area (Å²) in [5.41, 5.74) is 1.82. The van der Waals surface area contributed by atoms with E-state index in [1.807, 2.05) is 0 Å². The fraction of sp³-hybridized carbons (Fsp3) is 0. The number of amides is 3. The highest BCUT2D eigenvalue weighted by molar-refractivity contribution is 6.32. The molecule has 2 aromatic carbocycles. The molecule has 0 fully saturated rings. The van der Waals surface area contributed by atoms with Crippen LogP contribution < -0.4 is 10.6 Å². The molecular weight excluding hydrogens is 332 g/mol. The van der Waals surface area contributed by atoms with Crippen LogP contribution in [0.2, 0.25) is 5.02 Å². The molecule has 0 saturated heterocycles. The maximum absolute atomic E-state index is 12.1. The van der Waals surface area contributed by atoms with Crippen molar-refractivity contribution < 1.29 is 14.7 Å². The number of nitrogens with one attached hydrogen (secondary N) is 2. The smallest absolute Gasteiger partial charge is 0.326 e. The minimum Gasteiger partial charge on any atom is -0.506 e. The van der Waals surface area contributed by atoms with E-state index in [4.69, 9.17) is 11.6 Å². The van der Waals surface area contributed by atoms with E-state index in [2.05, 4.69) is 20.6 Å². The number of imide groups is 1. The van der Waals surface area contributed by atoms with Gasteiger partial charge in [-0.05, 0) is 36.4 Å². The summed E-state index contributed by atoms with van der Waals surface area (Å²) in [5.74, 6) is -0.680. The average Bonchev–Trinajstić information content (AvgIpc) is 2.57. The van der Waals surface area contributed by atoms with Crippen LogP contribution in [0.4, 0.5) is 10.5 Å². The van der Waals surface area contributed by atoms with Gasteiger partial charge in [0.2, 0.25) is 0 Å². The second-order valence-electron chi connectivity index (χ2n) is 4.83. The van der Waals surface area contributed by atoms with Gasteiger partial charge in [0.1, 0.15) is 5.75 Å². The molecule has 3 aromatic rings. The number of urea groups is 1. The minimum atomic E-state index is -0.721. The standard InChI is InChI=1S/C16H11ClN4O3/c17-11-8-10(2-4-14(11)22)20-16(24)21-15(23)9-1-3-12-13(7-9)19-6-5-18-12/h1-8,22H,(H2,20,21,23,24). The maximum Gasteiger partial charge on any atom is 0.326 e. The molecule has 0 bridgehead atoms. The number of carbonyl (C=O) groups is 2. The van der Waals surface area contributed by atoms with Gasteiger partial charge in [0.05, 0.1) is 16.1 Å². The van der Waals surface area contributed by atoms with Gasteiger partial charge in [0, 0.05) is 23.6 Å². The number of hydrogen-bond acceptors (Lipinski definition) is 5. The van der Waals surface area contributed by atoms with Crippen LogP contribution in [-0.2, 0) is 0 Å². The Morgan fingerprint density at radius 1 is 1.00 bits per heavy atom. The molecule has 1 aromatic heterocycles. The highest BCUT2D eigenvalue weighted by atomic mass is 35.5. The van der Waals surface area contributed by atoms with Crippen molar-refractivity contribution in [2.24, 2.45) is 0 Å². The normalized spacial score (nSPS) is 10.4. The number of phenols is 1. The van der Waals surface area contributed by atoms with E-state index in [0.717, 1.165) is 0 Å². The van der Waals surface area contributed by atoms with Crippen LogP contribution in [-0.4, -0.2) is 27.0 Å². The van der Waals surface area contributed by atoms with Gasteiger partial charge in [-0.2, -0.15) is 0 Å².